The molecule has 3 atom stereocenters. The van der Waals surface area contributed by atoms with E-state index in [-0.39, 0.29) is 34.7 Å². The van der Waals surface area contributed by atoms with Gasteiger partial charge in [-0.2, -0.15) is 13.2 Å². The molecule has 4 rings (SSSR count). The second-order valence-corrected chi connectivity index (χ2v) is 7.18. The van der Waals surface area contributed by atoms with E-state index >= 15 is 0 Å². The second kappa shape index (κ2) is 4.61. The number of ketones is 1. The molecule has 0 saturated heterocycles. The summed E-state index contributed by atoms with van der Waals surface area (Å²) in [6.45, 7) is 1.92. The molecule has 3 aliphatic rings. The Kier molecular flexibility index (Phi) is 3.01. The van der Waals surface area contributed by atoms with Crippen LogP contribution in [0.2, 0.25) is 0 Å². The lowest BCUT2D eigenvalue weighted by molar-refractivity contribution is -0.132. The molecule has 3 aliphatic carbocycles. The number of hydrogen-bond donors (Lipinski definition) is 1. The maximum Gasteiger partial charge on any atom is 0.420 e. The van der Waals surface area contributed by atoms with Crippen molar-refractivity contribution in [2.75, 3.05) is 5.73 Å². The molecule has 0 heterocycles. The van der Waals surface area contributed by atoms with E-state index in [2.05, 4.69) is 0 Å². The zero-order valence-corrected chi connectivity index (χ0v) is 13.1. The molecule has 0 radical (unpaired) electrons. The normalized spacial score (nSPS) is 31.5. The highest BCUT2D eigenvalue weighted by Gasteiger charge is 2.63. The van der Waals surface area contributed by atoms with Crippen molar-refractivity contribution >= 4 is 17.0 Å². The summed E-state index contributed by atoms with van der Waals surface area (Å²) in [5.74, 6) is -2.12. The first-order valence-corrected chi connectivity index (χ1v) is 8.14. The highest BCUT2D eigenvalue weighted by Crippen LogP contribution is 2.67. The van der Waals surface area contributed by atoms with Gasteiger partial charge in [0.25, 0.3) is 0 Å². The molecule has 1 aromatic carbocycles. The van der Waals surface area contributed by atoms with Crippen LogP contribution in [-0.4, -0.2) is 12.0 Å². The smallest absolute Gasteiger partial charge is 0.396 e. The predicted molar refractivity (Wildman–Crippen MR) is 81.4 cm³/mol. The van der Waals surface area contributed by atoms with Gasteiger partial charge in [-0.25, -0.2) is 4.39 Å². The lowest BCUT2D eigenvalue weighted by atomic mass is 9.67. The SMILES string of the molecule is CCC1CC2CC13Cc1c(ccc(N)c1F)C3=C(C(F)(F)F)C2=O. The number of carbonyl (C=O) groups excluding carboxylic acids is 1. The number of allylic oxidation sites excluding steroid dienone is 2. The van der Waals surface area contributed by atoms with Crippen LogP contribution in [-0.2, 0) is 11.2 Å². The van der Waals surface area contributed by atoms with Gasteiger partial charge < -0.3 is 5.73 Å². The molecule has 6 heteroatoms. The van der Waals surface area contributed by atoms with Crippen molar-refractivity contribution in [3.8, 4) is 0 Å². The highest BCUT2D eigenvalue weighted by molar-refractivity contribution is 6.09. The third kappa shape index (κ3) is 1.74. The maximum atomic E-state index is 14.5. The van der Waals surface area contributed by atoms with E-state index in [4.69, 9.17) is 5.73 Å². The van der Waals surface area contributed by atoms with Crippen molar-refractivity contribution < 1.29 is 22.4 Å². The number of Topliss-reactive ketones (excluding diaryl/α,β-unsaturated/α-hetero) is 1. The molecule has 2 bridgehead atoms. The zero-order chi connectivity index (χ0) is 17.4. The Morgan fingerprint density at radius 3 is 2.67 bits per heavy atom. The number of carbonyl (C=O) groups is 1. The van der Waals surface area contributed by atoms with E-state index in [0.29, 0.717) is 19.3 Å². The van der Waals surface area contributed by atoms with E-state index in [9.17, 15) is 22.4 Å². The Bertz CT molecular complexity index is 795. The van der Waals surface area contributed by atoms with Crippen molar-refractivity contribution in [1.29, 1.82) is 0 Å². The molecule has 1 spiro atoms. The van der Waals surface area contributed by atoms with Gasteiger partial charge in [-0.05, 0) is 47.9 Å². The minimum Gasteiger partial charge on any atom is -0.396 e. The largest absolute Gasteiger partial charge is 0.420 e. The quantitative estimate of drug-likeness (QED) is 0.613. The molecule has 3 unspecified atom stereocenters. The average Bonchev–Trinajstić information content (AvgIpc) is 3.00. The van der Waals surface area contributed by atoms with E-state index in [1.54, 1.807) is 0 Å². The predicted octanol–water partition coefficient (Wildman–Crippen LogP) is 4.29. The van der Waals surface area contributed by atoms with Crippen molar-refractivity contribution in [3.05, 3.63) is 34.6 Å². The van der Waals surface area contributed by atoms with Gasteiger partial charge in [-0.3, -0.25) is 4.79 Å². The fraction of sp³-hybridized carbons (Fsp3) is 0.500. The van der Waals surface area contributed by atoms with Gasteiger partial charge >= 0.3 is 6.18 Å². The Balaban J connectivity index is 2.08. The summed E-state index contributed by atoms with van der Waals surface area (Å²) in [6.07, 6.45) is -3.02. The lowest BCUT2D eigenvalue weighted by Crippen LogP contribution is -2.35. The first-order chi connectivity index (χ1) is 11.2. The van der Waals surface area contributed by atoms with Crippen LogP contribution in [0.1, 0.15) is 37.3 Å². The van der Waals surface area contributed by atoms with Crippen molar-refractivity contribution in [3.63, 3.8) is 0 Å². The van der Waals surface area contributed by atoms with Crippen LogP contribution in [0.4, 0.5) is 23.2 Å². The molecule has 1 fully saturated rings. The molecule has 0 aromatic heterocycles. The molecule has 1 saturated carbocycles. The minimum absolute atomic E-state index is 0.0227. The minimum atomic E-state index is -4.72. The van der Waals surface area contributed by atoms with Gasteiger partial charge in [-0.15, -0.1) is 0 Å². The molecular formula is C18H17F4NO. The number of nitrogens with two attached hydrogens (primary N) is 1. The third-order valence-corrected chi connectivity index (χ3v) is 6.14. The van der Waals surface area contributed by atoms with Crippen molar-refractivity contribution in [1.82, 2.24) is 0 Å². The van der Waals surface area contributed by atoms with Crippen LogP contribution in [0.5, 0.6) is 0 Å². The fourth-order valence-corrected chi connectivity index (χ4v) is 5.25. The first kappa shape index (κ1) is 15.7. The van der Waals surface area contributed by atoms with E-state index < -0.39 is 34.7 Å². The number of halogens is 4. The number of fused-ring (bicyclic) bond motifs is 3. The van der Waals surface area contributed by atoms with Crippen LogP contribution in [0, 0.1) is 23.1 Å². The van der Waals surface area contributed by atoms with Gasteiger partial charge in [0.1, 0.15) is 11.4 Å². The molecule has 2 N–H and O–H groups in total. The number of anilines is 1. The topological polar surface area (TPSA) is 43.1 Å². The number of nitrogen functional groups attached to an aromatic ring is 1. The molecule has 1 aromatic rings. The standard InChI is InChI=1S/C18H17F4NO/c1-2-9-5-8-6-17(9)7-11-10(3-4-12(23)15(11)19)13(17)14(16(8)24)18(20,21)22/h3-4,8-9H,2,5-7,23H2,1H3. The average molecular weight is 339 g/mol. The molecule has 0 amide bonds. The summed E-state index contributed by atoms with van der Waals surface area (Å²) in [5, 5.41) is 0. The lowest BCUT2D eigenvalue weighted by Gasteiger charge is -2.36. The van der Waals surface area contributed by atoms with Crippen molar-refractivity contribution in [2.45, 2.75) is 38.8 Å². The van der Waals surface area contributed by atoms with Crippen LogP contribution < -0.4 is 5.73 Å². The summed E-state index contributed by atoms with van der Waals surface area (Å²) in [5.41, 5.74) is 4.19. The van der Waals surface area contributed by atoms with Crippen molar-refractivity contribution in [2.24, 2.45) is 17.3 Å². The van der Waals surface area contributed by atoms with Crippen LogP contribution in [0.25, 0.3) is 5.57 Å². The van der Waals surface area contributed by atoms with Crippen LogP contribution >= 0.6 is 0 Å². The van der Waals surface area contributed by atoms with E-state index in [1.807, 2.05) is 6.92 Å². The van der Waals surface area contributed by atoms with Gasteiger partial charge in [-0.1, -0.05) is 19.4 Å². The summed E-state index contributed by atoms with van der Waals surface area (Å²) in [4.78, 5) is 12.5. The number of hydrogen-bond acceptors (Lipinski definition) is 2. The monoisotopic (exact) mass is 339 g/mol. The Morgan fingerprint density at radius 1 is 1.33 bits per heavy atom. The van der Waals surface area contributed by atoms with E-state index in [1.165, 1.54) is 12.1 Å². The second-order valence-electron chi connectivity index (χ2n) is 7.18. The number of rotatable bonds is 1. The van der Waals surface area contributed by atoms with Gasteiger partial charge in [0.2, 0.25) is 0 Å². The van der Waals surface area contributed by atoms with Gasteiger partial charge in [0, 0.05) is 11.3 Å². The first-order valence-electron chi connectivity index (χ1n) is 8.14. The Hall–Kier alpha value is -1.85. The highest BCUT2D eigenvalue weighted by atomic mass is 19.4. The summed E-state index contributed by atoms with van der Waals surface area (Å²) in [7, 11) is 0. The summed E-state index contributed by atoms with van der Waals surface area (Å²) < 4.78 is 55.6. The van der Waals surface area contributed by atoms with Crippen LogP contribution in [0.3, 0.4) is 0 Å². The maximum absolute atomic E-state index is 14.5. The molecule has 24 heavy (non-hydrogen) atoms. The Morgan fingerprint density at radius 2 is 2.04 bits per heavy atom. The molecule has 0 aliphatic heterocycles. The van der Waals surface area contributed by atoms with Gasteiger partial charge in [0.05, 0.1) is 5.69 Å². The summed E-state index contributed by atoms with van der Waals surface area (Å²) in [6, 6.07) is 2.74. The fourth-order valence-electron chi connectivity index (χ4n) is 5.25. The molecule has 128 valence electrons. The van der Waals surface area contributed by atoms with E-state index in [0.717, 1.165) is 0 Å². The molecular weight excluding hydrogens is 322 g/mol. The number of benzene rings is 1. The molecule has 2 nitrogen and oxygen atoms in total. The third-order valence-electron chi connectivity index (χ3n) is 6.14. The van der Waals surface area contributed by atoms with Gasteiger partial charge in [0.15, 0.2) is 5.78 Å². The number of alkyl halides is 3. The summed E-state index contributed by atoms with van der Waals surface area (Å²) >= 11 is 0. The Labute approximate surface area is 136 Å². The zero-order valence-electron chi connectivity index (χ0n) is 13.1. The van der Waals surface area contributed by atoms with Crippen LogP contribution in [0.15, 0.2) is 17.7 Å².